The van der Waals surface area contributed by atoms with Crippen molar-refractivity contribution in [2.45, 2.75) is 104 Å². The average molecular weight is 431 g/mol. The Morgan fingerprint density at radius 3 is 2.55 bits per heavy atom. The molecule has 0 radical (unpaired) electrons. The molecule has 0 aliphatic heterocycles. The summed E-state index contributed by atoms with van der Waals surface area (Å²) < 4.78 is 0. The number of carbonyl (C=O) groups excluding carboxylic acids is 1. The van der Waals surface area contributed by atoms with Gasteiger partial charge in [-0.3, -0.25) is 4.79 Å². The normalized spacial score (nSPS) is 46.1. The maximum Gasteiger partial charge on any atom is 0.158 e. The lowest BCUT2D eigenvalue weighted by atomic mass is 9.47. The number of hydrogen-bond donors (Lipinski definition) is 3. The molecule has 4 rings (SSSR count). The van der Waals surface area contributed by atoms with Crippen LogP contribution < -0.4 is 0 Å². The first-order valence-electron chi connectivity index (χ1n) is 12.4. The Kier molecular flexibility index (Phi) is 5.85. The zero-order valence-corrected chi connectivity index (χ0v) is 20.0. The first-order valence-corrected chi connectivity index (χ1v) is 12.4. The van der Waals surface area contributed by atoms with Gasteiger partial charge in [-0.15, -0.1) is 0 Å². The van der Waals surface area contributed by atoms with Crippen LogP contribution in [-0.4, -0.2) is 38.9 Å². The van der Waals surface area contributed by atoms with E-state index in [0.29, 0.717) is 18.3 Å². The van der Waals surface area contributed by atoms with Crippen molar-refractivity contribution in [2.75, 3.05) is 0 Å². The molecule has 0 aromatic heterocycles. The molecule has 0 heterocycles. The SMILES string of the molecule is CC(C)=CC(=O)CC(C)(O)C1CCC2C3CC(O)C4CC(O)CCC4(C)C3=CCC21C. The lowest BCUT2D eigenvalue weighted by molar-refractivity contribution is -0.126. The van der Waals surface area contributed by atoms with E-state index in [-0.39, 0.29) is 47.1 Å². The van der Waals surface area contributed by atoms with E-state index in [1.54, 1.807) is 6.08 Å². The van der Waals surface area contributed by atoms with E-state index in [2.05, 4.69) is 19.9 Å². The third-order valence-corrected chi connectivity index (χ3v) is 9.75. The van der Waals surface area contributed by atoms with Crippen LogP contribution >= 0.6 is 0 Å². The fraction of sp³-hybridized carbons (Fsp3) is 0.815. The number of carbonyl (C=O) groups is 1. The number of rotatable bonds is 4. The predicted octanol–water partition coefficient (Wildman–Crippen LogP) is 4.57. The molecule has 0 aromatic rings. The van der Waals surface area contributed by atoms with Gasteiger partial charge in [0.05, 0.1) is 17.8 Å². The van der Waals surface area contributed by atoms with Crippen molar-refractivity contribution in [2.24, 2.45) is 34.5 Å². The first kappa shape index (κ1) is 23.2. The Hall–Kier alpha value is -0.970. The standard InChI is InChI=1S/C27H42O4/c1-16(2)12-18(29)15-27(5,31)24-7-6-20-19-14-23(30)22-13-17(28)8-10-25(22,3)21(19)9-11-26(20,24)4/h9,12,17,19-20,22-24,28,30-31H,6-8,10-11,13-15H2,1-5H3. The number of ketones is 1. The monoisotopic (exact) mass is 430 g/mol. The summed E-state index contributed by atoms with van der Waals surface area (Å²) in [4.78, 5) is 12.5. The van der Waals surface area contributed by atoms with Crippen LogP contribution in [0, 0.1) is 34.5 Å². The summed E-state index contributed by atoms with van der Waals surface area (Å²) in [6.45, 7) is 10.3. The van der Waals surface area contributed by atoms with Crippen LogP contribution in [0.1, 0.15) is 86.0 Å². The first-order chi connectivity index (χ1) is 14.4. The zero-order valence-electron chi connectivity index (χ0n) is 20.0. The number of fused-ring (bicyclic) bond motifs is 5. The van der Waals surface area contributed by atoms with E-state index < -0.39 is 5.60 Å². The fourth-order valence-corrected chi connectivity index (χ4v) is 8.42. The second kappa shape index (κ2) is 7.81. The highest BCUT2D eigenvalue weighted by Crippen LogP contribution is 2.66. The maximum atomic E-state index is 12.5. The van der Waals surface area contributed by atoms with Crippen LogP contribution in [0.3, 0.4) is 0 Å². The number of allylic oxidation sites excluding steroid dienone is 4. The van der Waals surface area contributed by atoms with Crippen molar-refractivity contribution in [3.8, 4) is 0 Å². The molecule has 0 bridgehead atoms. The summed E-state index contributed by atoms with van der Waals surface area (Å²) in [7, 11) is 0. The van der Waals surface area contributed by atoms with Crippen LogP contribution in [0.25, 0.3) is 0 Å². The molecule has 3 N–H and O–H groups in total. The molecule has 9 atom stereocenters. The Bertz CT molecular complexity index is 791. The molecular formula is C27H42O4. The lowest BCUT2D eigenvalue weighted by Gasteiger charge is -2.58. The molecule has 4 aliphatic carbocycles. The number of aliphatic hydroxyl groups is 3. The van der Waals surface area contributed by atoms with Crippen LogP contribution in [0.5, 0.6) is 0 Å². The Balaban J connectivity index is 1.62. The second-order valence-electron chi connectivity index (χ2n) is 12.2. The third-order valence-electron chi connectivity index (χ3n) is 9.75. The van der Waals surface area contributed by atoms with Crippen LogP contribution in [0.2, 0.25) is 0 Å². The maximum absolute atomic E-state index is 12.5. The van der Waals surface area contributed by atoms with E-state index >= 15 is 0 Å². The average Bonchev–Trinajstić information content (AvgIpc) is 3.00. The van der Waals surface area contributed by atoms with Gasteiger partial charge in [0.2, 0.25) is 0 Å². The highest BCUT2D eigenvalue weighted by molar-refractivity contribution is 5.90. The molecule has 174 valence electrons. The summed E-state index contributed by atoms with van der Waals surface area (Å²) in [6, 6.07) is 0. The Morgan fingerprint density at radius 2 is 1.87 bits per heavy atom. The van der Waals surface area contributed by atoms with Crippen LogP contribution in [0.4, 0.5) is 0 Å². The number of aliphatic hydroxyl groups excluding tert-OH is 2. The van der Waals surface area contributed by atoms with Crippen molar-refractivity contribution in [1.29, 1.82) is 0 Å². The third kappa shape index (κ3) is 3.77. The van der Waals surface area contributed by atoms with Crippen molar-refractivity contribution in [1.82, 2.24) is 0 Å². The van der Waals surface area contributed by atoms with Gasteiger partial charge in [-0.25, -0.2) is 0 Å². The van der Waals surface area contributed by atoms with Crippen molar-refractivity contribution < 1.29 is 20.1 Å². The molecule has 9 unspecified atom stereocenters. The molecule has 0 saturated heterocycles. The molecule has 3 fully saturated rings. The quantitative estimate of drug-likeness (QED) is 0.451. The van der Waals surface area contributed by atoms with E-state index in [1.165, 1.54) is 5.57 Å². The molecule has 31 heavy (non-hydrogen) atoms. The van der Waals surface area contributed by atoms with E-state index in [9.17, 15) is 20.1 Å². The van der Waals surface area contributed by atoms with E-state index in [4.69, 9.17) is 0 Å². The molecule has 4 aliphatic rings. The van der Waals surface area contributed by atoms with Gasteiger partial charge in [-0.2, -0.15) is 0 Å². The van der Waals surface area contributed by atoms with E-state index in [1.807, 2.05) is 20.8 Å². The van der Waals surface area contributed by atoms with Crippen LogP contribution in [0.15, 0.2) is 23.3 Å². The molecule has 3 saturated carbocycles. The van der Waals surface area contributed by atoms with Gasteiger partial charge >= 0.3 is 0 Å². The Labute approximate surface area is 187 Å². The molecule has 0 amide bonds. The van der Waals surface area contributed by atoms with Gasteiger partial charge in [-0.05, 0) is 106 Å². The van der Waals surface area contributed by atoms with Gasteiger partial charge in [0.1, 0.15) is 0 Å². The van der Waals surface area contributed by atoms with Gasteiger partial charge in [0.25, 0.3) is 0 Å². The van der Waals surface area contributed by atoms with E-state index in [0.717, 1.165) is 44.1 Å². The minimum atomic E-state index is -1.02. The van der Waals surface area contributed by atoms with Gasteiger partial charge in [0.15, 0.2) is 5.78 Å². The van der Waals surface area contributed by atoms with Gasteiger partial charge < -0.3 is 15.3 Å². The molecular weight excluding hydrogens is 388 g/mol. The summed E-state index contributed by atoms with van der Waals surface area (Å²) in [5, 5.41) is 32.8. The zero-order chi connectivity index (χ0) is 22.8. The van der Waals surface area contributed by atoms with Gasteiger partial charge in [0, 0.05) is 6.42 Å². The summed E-state index contributed by atoms with van der Waals surface area (Å²) in [5.74, 6) is 1.01. The number of hydrogen-bond acceptors (Lipinski definition) is 4. The van der Waals surface area contributed by atoms with Crippen molar-refractivity contribution >= 4 is 5.78 Å². The molecule has 4 heteroatoms. The van der Waals surface area contributed by atoms with Gasteiger partial charge in [-0.1, -0.05) is 31.1 Å². The summed E-state index contributed by atoms with van der Waals surface area (Å²) in [5.41, 5.74) is 1.38. The molecule has 0 aromatic carbocycles. The molecule has 0 spiro atoms. The second-order valence-corrected chi connectivity index (χ2v) is 12.2. The predicted molar refractivity (Wildman–Crippen MR) is 122 cm³/mol. The lowest BCUT2D eigenvalue weighted by Crippen LogP contribution is -2.54. The highest BCUT2D eigenvalue weighted by atomic mass is 16.3. The minimum Gasteiger partial charge on any atom is -0.393 e. The highest BCUT2D eigenvalue weighted by Gasteiger charge is 2.61. The van der Waals surface area contributed by atoms with Crippen LogP contribution in [-0.2, 0) is 4.79 Å². The largest absolute Gasteiger partial charge is 0.393 e. The summed E-state index contributed by atoms with van der Waals surface area (Å²) in [6.07, 6.45) is 9.74. The van der Waals surface area contributed by atoms with Crippen molar-refractivity contribution in [3.63, 3.8) is 0 Å². The summed E-state index contributed by atoms with van der Waals surface area (Å²) >= 11 is 0. The fourth-order valence-electron chi connectivity index (χ4n) is 8.42. The topological polar surface area (TPSA) is 77.8 Å². The molecule has 4 nitrogen and oxygen atoms in total. The minimum absolute atomic E-state index is 0.00768. The van der Waals surface area contributed by atoms with Crippen molar-refractivity contribution in [3.05, 3.63) is 23.3 Å². The smallest absolute Gasteiger partial charge is 0.158 e. The Morgan fingerprint density at radius 1 is 1.16 bits per heavy atom.